The smallest absolute Gasteiger partial charge is 0.152 e. The highest BCUT2D eigenvalue weighted by molar-refractivity contribution is 5.89. The van der Waals surface area contributed by atoms with E-state index < -0.39 is 0 Å². The summed E-state index contributed by atoms with van der Waals surface area (Å²) in [5, 5.41) is 6.54. The Kier molecular flexibility index (Phi) is 5.83. The molecule has 4 aromatic rings. The number of hydrogen-bond donors (Lipinski definition) is 4. The van der Waals surface area contributed by atoms with Gasteiger partial charge in [-0.05, 0) is 36.4 Å². The minimum absolute atomic E-state index is 0.503. The van der Waals surface area contributed by atoms with Crippen LogP contribution in [-0.4, -0.2) is 47.5 Å². The maximum absolute atomic E-state index is 11.4. The lowest BCUT2D eigenvalue weighted by atomic mass is 10.1. The first-order valence-corrected chi connectivity index (χ1v) is 11.5. The SMILES string of the molecule is O=Cc1cccnc1-c1c[nH]c(Nc2ncnc(Nc3cc(-c4ncccc4C=O)c[nH]3)c3cncc2-3)c1. The van der Waals surface area contributed by atoms with Gasteiger partial charge >= 0.3 is 0 Å². The van der Waals surface area contributed by atoms with Crippen molar-refractivity contribution in [2.45, 2.75) is 0 Å². The van der Waals surface area contributed by atoms with Gasteiger partial charge in [-0.3, -0.25) is 24.5 Å². The van der Waals surface area contributed by atoms with E-state index in [-0.39, 0.29) is 0 Å². The number of rotatable bonds is 8. The monoisotopic (exact) mass is 501 g/mol. The molecule has 0 aromatic carbocycles. The van der Waals surface area contributed by atoms with Crippen molar-refractivity contribution >= 4 is 35.8 Å². The second kappa shape index (κ2) is 9.74. The zero-order chi connectivity index (χ0) is 25.9. The van der Waals surface area contributed by atoms with Crippen molar-refractivity contribution in [2.24, 2.45) is 0 Å². The largest absolute Gasteiger partial charge is 0.347 e. The maximum atomic E-state index is 11.4. The third-order valence-corrected chi connectivity index (χ3v) is 5.93. The summed E-state index contributed by atoms with van der Waals surface area (Å²) in [6.07, 6.45) is 13.3. The topological polar surface area (TPSA) is 154 Å². The number of fused-ring (bicyclic) bond motifs is 1. The molecule has 0 spiro atoms. The lowest BCUT2D eigenvalue weighted by Crippen LogP contribution is -1.95. The van der Waals surface area contributed by atoms with E-state index in [2.05, 4.69) is 45.5 Å². The highest BCUT2D eigenvalue weighted by atomic mass is 16.1. The van der Waals surface area contributed by atoms with Crippen LogP contribution in [0.2, 0.25) is 0 Å². The molecule has 11 heteroatoms. The van der Waals surface area contributed by atoms with Crippen LogP contribution in [0.15, 0.2) is 79.9 Å². The molecule has 0 amide bonds. The van der Waals surface area contributed by atoms with Crippen LogP contribution < -0.4 is 10.6 Å². The normalized spacial score (nSPS) is 10.8. The zero-order valence-electron chi connectivity index (χ0n) is 19.7. The Bertz CT molecular complexity index is 1620. The highest BCUT2D eigenvalue weighted by Gasteiger charge is 2.17. The molecule has 6 rings (SSSR count). The Hall–Kier alpha value is -5.71. The molecule has 184 valence electrons. The van der Waals surface area contributed by atoms with Crippen molar-refractivity contribution in [1.29, 1.82) is 0 Å². The van der Waals surface area contributed by atoms with Crippen LogP contribution >= 0.6 is 0 Å². The zero-order valence-corrected chi connectivity index (χ0v) is 19.7. The fourth-order valence-corrected chi connectivity index (χ4v) is 4.16. The summed E-state index contributed by atoms with van der Waals surface area (Å²) in [6.45, 7) is 0. The average Bonchev–Trinajstić information content (AvgIpc) is 3.71. The Morgan fingerprint density at radius 3 is 1.66 bits per heavy atom. The third-order valence-electron chi connectivity index (χ3n) is 5.93. The molecule has 4 N–H and O–H groups in total. The molecule has 0 saturated carbocycles. The first kappa shape index (κ1) is 22.7. The molecule has 38 heavy (non-hydrogen) atoms. The van der Waals surface area contributed by atoms with Gasteiger partial charge in [-0.2, -0.15) is 0 Å². The number of aromatic nitrogens is 7. The lowest BCUT2D eigenvalue weighted by Gasteiger charge is -2.07. The molecule has 2 aliphatic rings. The van der Waals surface area contributed by atoms with E-state index in [1.807, 2.05) is 12.1 Å². The minimum atomic E-state index is 0.503. The molecule has 0 radical (unpaired) electrons. The summed E-state index contributed by atoms with van der Waals surface area (Å²) in [5.74, 6) is 2.40. The van der Waals surface area contributed by atoms with Crippen molar-refractivity contribution in [3.63, 3.8) is 0 Å². The number of H-pyrrole nitrogens is 2. The predicted molar refractivity (Wildman–Crippen MR) is 142 cm³/mol. The number of aldehydes is 2. The molecule has 0 aliphatic carbocycles. The van der Waals surface area contributed by atoms with Gasteiger partial charge in [0.1, 0.15) is 29.6 Å². The van der Waals surface area contributed by atoms with Crippen molar-refractivity contribution in [2.75, 3.05) is 10.6 Å². The van der Waals surface area contributed by atoms with Crippen LogP contribution in [-0.2, 0) is 0 Å². The van der Waals surface area contributed by atoms with Crippen molar-refractivity contribution in [3.8, 4) is 33.6 Å². The van der Waals surface area contributed by atoms with E-state index >= 15 is 0 Å². The number of nitrogens with one attached hydrogen (secondary N) is 4. The van der Waals surface area contributed by atoms with Crippen LogP contribution in [0.25, 0.3) is 33.6 Å². The predicted octanol–water partition coefficient (Wildman–Crippen LogP) is 4.87. The molecule has 0 bridgehead atoms. The Morgan fingerprint density at radius 1 is 0.684 bits per heavy atom. The molecule has 0 saturated heterocycles. The van der Waals surface area contributed by atoms with Crippen LogP contribution in [0.4, 0.5) is 23.3 Å². The van der Waals surface area contributed by atoms with Gasteiger partial charge in [0.25, 0.3) is 0 Å². The molecule has 0 unspecified atom stereocenters. The Labute approximate surface area is 215 Å². The lowest BCUT2D eigenvalue weighted by molar-refractivity contribution is 0.111. The highest BCUT2D eigenvalue weighted by Crippen LogP contribution is 2.35. The number of aromatic amines is 2. The summed E-state index contributed by atoms with van der Waals surface area (Å²) < 4.78 is 0. The van der Waals surface area contributed by atoms with Gasteiger partial charge in [-0.15, -0.1) is 0 Å². The van der Waals surface area contributed by atoms with E-state index in [9.17, 15) is 9.59 Å². The van der Waals surface area contributed by atoms with E-state index in [0.717, 1.165) is 34.8 Å². The molecular formula is C27H19N9O2. The first-order chi connectivity index (χ1) is 18.7. The molecule has 0 atom stereocenters. The quantitative estimate of drug-likeness (QED) is 0.214. The van der Waals surface area contributed by atoms with Crippen LogP contribution in [0, 0.1) is 0 Å². The summed E-state index contributed by atoms with van der Waals surface area (Å²) in [4.78, 5) is 51.0. The minimum Gasteiger partial charge on any atom is -0.347 e. The summed E-state index contributed by atoms with van der Waals surface area (Å²) in [6, 6.07) is 10.6. The summed E-state index contributed by atoms with van der Waals surface area (Å²) in [7, 11) is 0. The molecule has 2 aliphatic heterocycles. The number of hydrogen-bond acceptors (Lipinski definition) is 9. The summed E-state index contributed by atoms with van der Waals surface area (Å²) >= 11 is 0. The van der Waals surface area contributed by atoms with Crippen LogP contribution in [0.1, 0.15) is 20.7 Å². The van der Waals surface area contributed by atoms with Gasteiger partial charge < -0.3 is 20.6 Å². The van der Waals surface area contributed by atoms with E-state index in [0.29, 0.717) is 45.8 Å². The standard InChI is InChI=1S/C27H19N9O2/c37-13-16-3-1-5-29-24(16)18-7-22(31-9-18)35-26-20-11-28-12-21(20)27(34-15-33-26)36-23-8-19(10-32-23)25-17(14-38)4-2-6-30-25/h1-15,31-32H,(H2,33,34,35,36). The van der Waals surface area contributed by atoms with E-state index in [1.54, 1.807) is 61.4 Å². The van der Waals surface area contributed by atoms with Crippen molar-refractivity contribution < 1.29 is 9.59 Å². The first-order valence-electron chi connectivity index (χ1n) is 11.5. The molecule has 11 nitrogen and oxygen atoms in total. The van der Waals surface area contributed by atoms with Crippen molar-refractivity contribution in [1.82, 2.24) is 34.9 Å². The number of nitrogens with zero attached hydrogens (tertiary/aromatic N) is 5. The molecule has 6 heterocycles. The molecule has 4 aromatic heterocycles. The van der Waals surface area contributed by atoms with E-state index in [4.69, 9.17) is 0 Å². The fraction of sp³-hybridized carbons (Fsp3) is 0. The third kappa shape index (κ3) is 4.24. The number of carbonyl (C=O) groups excluding carboxylic acids is 2. The summed E-state index contributed by atoms with van der Waals surface area (Å²) in [5.41, 5.74) is 5.19. The van der Waals surface area contributed by atoms with Crippen molar-refractivity contribution in [3.05, 3.63) is 91.0 Å². The number of pyridine rings is 2. The van der Waals surface area contributed by atoms with Gasteiger partial charge in [-0.25, -0.2) is 9.97 Å². The van der Waals surface area contributed by atoms with Gasteiger partial charge in [0.2, 0.25) is 0 Å². The van der Waals surface area contributed by atoms with Gasteiger partial charge in [0, 0.05) is 70.6 Å². The average molecular weight is 502 g/mol. The Balaban J connectivity index is 1.26. The fourth-order valence-electron chi connectivity index (χ4n) is 4.16. The molecular weight excluding hydrogens is 482 g/mol. The van der Waals surface area contributed by atoms with E-state index in [1.165, 1.54) is 6.33 Å². The van der Waals surface area contributed by atoms with Crippen LogP contribution in [0.3, 0.4) is 0 Å². The Morgan fingerprint density at radius 2 is 1.18 bits per heavy atom. The second-order valence-electron chi connectivity index (χ2n) is 8.28. The number of anilines is 4. The van der Waals surface area contributed by atoms with Crippen LogP contribution in [0.5, 0.6) is 0 Å². The van der Waals surface area contributed by atoms with Gasteiger partial charge in [0.05, 0.1) is 11.4 Å². The van der Waals surface area contributed by atoms with Gasteiger partial charge in [-0.1, -0.05) is 0 Å². The second-order valence-corrected chi connectivity index (χ2v) is 8.28. The number of carbonyl (C=O) groups is 2. The van der Waals surface area contributed by atoms with Gasteiger partial charge in [0.15, 0.2) is 12.6 Å². The maximum Gasteiger partial charge on any atom is 0.152 e. The molecule has 0 fully saturated rings.